The Morgan fingerprint density at radius 3 is 2.57 bits per heavy atom. The molecule has 0 N–H and O–H groups in total. The highest BCUT2D eigenvalue weighted by molar-refractivity contribution is 5.45. The quantitative estimate of drug-likeness (QED) is 0.701. The minimum absolute atomic E-state index is 1.05. The summed E-state index contributed by atoms with van der Waals surface area (Å²) in [5.74, 6) is 0. The topological polar surface area (TPSA) is 6.48 Å². The van der Waals surface area contributed by atoms with Gasteiger partial charge < -0.3 is 9.80 Å². The van der Waals surface area contributed by atoms with Crippen LogP contribution in [0.15, 0.2) is 24.3 Å². The van der Waals surface area contributed by atoms with Crippen LogP contribution in [-0.4, -0.2) is 38.6 Å². The van der Waals surface area contributed by atoms with Crippen LogP contribution in [0.25, 0.3) is 0 Å². The summed E-state index contributed by atoms with van der Waals surface area (Å²) in [5.41, 5.74) is 1.26. The van der Waals surface area contributed by atoms with Gasteiger partial charge in [-0.1, -0.05) is 12.1 Å². The first-order valence-corrected chi connectivity index (χ1v) is 5.10. The van der Waals surface area contributed by atoms with Crippen molar-refractivity contribution in [2.24, 2.45) is 0 Å². The summed E-state index contributed by atoms with van der Waals surface area (Å²) in [5, 5.41) is 0. The molecule has 0 bridgehead atoms. The molecule has 0 fully saturated rings. The Balaban J connectivity index is 2.54. The van der Waals surface area contributed by atoms with Crippen LogP contribution in [0.2, 0.25) is 0 Å². The third-order valence-corrected chi connectivity index (χ3v) is 2.25. The molecule has 0 saturated carbocycles. The lowest BCUT2D eigenvalue weighted by atomic mass is 10.3. The lowest BCUT2D eigenvalue weighted by molar-refractivity contribution is 0.414. The van der Waals surface area contributed by atoms with Crippen molar-refractivity contribution < 1.29 is 0 Å². The smallest absolute Gasteiger partial charge is 0.0372 e. The Labute approximate surface area is 87.1 Å². The van der Waals surface area contributed by atoms with Crippen molar-refractivity contribution >= 4 is 5.69 Å². The van der Waals surface area contributed by atoms with E-state index >= 15 is 0 Å². The second kappa shape index (κ2) is 5.66. The highest BCUT2D eigenvalue weighted by Crippen LogP contribution is 2.11. The molecule has 0 unspecified atom stereocenters. The van der Waals surface area contributed by atoms with Gasteiger partial charge in [0, 0.05) is 25.3 Å². The SMILES string of the molecule is CCN(CCN(C)C)c1c[c]ccc1. The van der Waals surface area contributed by atoms with E-state index in [1.54, 1.807) is 0 Å². The molecule has 0 aliphatic heterocycles. The van der Waals surface area contributed by atoms with Gasteiger partial charge in [0.15, 0.2) is 0 Å². The van der Waals surface area contributed by atoms with E-state index in [2.05, 4.69) is 43.0 Å². The first kappa shape index (κ1) is 11.1. The summed E-state index contributed by atoms with van der Waals surface area (Å²) < 4.78 is 0. The molecule has 2 nitrogen and oxygen atoms in total. The minimum Gasteiger partial charge on any atom is -0.371 e. The van der Waals surface area contributed by atoms with Crippen molar-refractivity contribution in [2.75, 3.05) is 38.6 Å². The maximum absolute atomic E-state index is 3.11. The third kappa shape index (κ3) is 3.38. The lowest BCUT2D eigenvalue weighted by Gasteiger charge is -2.24. The molecular weight excluding hydrogens is 172 g/mol. The minimum atomic E-state index is 1.05. The third-order valence-electron chi connectivity index (χ3n) is 2.25. The normalized spacial score (nSPS) is 10.6. The molecule has 0 aromatic heterocycles. The molecule has 0 heterocycles. The second-order valence-electron chi connectivity index (χ2n) is 3.64. The van der Waals surface area contributed by atoms with Crippen molar-refractivity contribution in [1.29, 1.82) is 0 Å². The van der Waals surface area contributed by atoms with Gasteiger partial charge in [0.05, 0.1) is 0 Å². The molecule has 1 rings (SSSR count). The van der Waals surface area contributed by atoms with Gasteiger partial charge in [0.1, 0.15) is 0 Å². The summed E-state index contributed by atoms with van der Waals surface area (Å²) in [6.45, 7) is 5.39. The highest BCUT2D eigenvalue weighted by atomic mass is 15.2. The van der Waals surface area contributed by atoms with Crippen LogP contribution in [0, 0.1) is 6.07 Å². The summed E-state index contributed by atoms with van der Waals surface area (Å²) >= 11 is 0. The van der Waals surface area contributed by atoms with Crippen LogP contribution in [0.4, 0.5) is 5.69 Å². The van der Waals surface area contributed by atoms with Crippen LogP contribution >= 0.6 is 0 Å². The average Bonchev–Trinajstić information content (AvgIpc) is 2.20. The molecule has 1 radical (unpaired) electrons. The van der Waals surface area contributed by atoms with Crippen LogP contribution in [0.3, 0.4) is 0 Å². The maximum Gasteiger partial charge on any atom is 0.0372 e. The maximum atomic E-state index is 3.11. The zero-order valence-corrected chi connectivity index (χ0v) is 9.33. The lowest BCUT2D eigenvalue weighted by Crippen LogP contribution is -2.31. The molecule has 1 aromatic carbocycles. The van der Waals surface area contributed by atoms with E-state index in [-0.39, 0.29) is 0 Å². The Morgan fingerprint density at radius 2 is 2.07 bits per heavy atom. The second-order valence-corrected chi connectivity index (χ2v) is 3.64. The number of hydrogen-bond acceptors (Lipinski definition) is 2. The highest BCUT2D eigenvalue weighted by Gasteiger charge is 2.02. The van der Waals surface area contributed by atoms with Gasteiger partial charge in [-0.25, -0.2) is 0 Å². The summed E-state index contributed by atoms with van der Waals surface area (Å²) in [6, 6.07) is 11.3. The fourth-order valence-corrected chi connectivity index (χ4v) is 1.37. The molecule has 0 spiro atoms. The summed E-state index contributed by atoms with van der Waals surface area (Å²) in [7, 11) is 4.20. The summed E-state index contributed by atoms with van der Waals surface area (Å²) in [6.07, 6.45) is 0. The van der Waals surface area contributed by atoms with Crippen LogP contribution < -0.4 is 4.90 Å². The van der Waals surface area contributed by atoms with Crippen molar-refractivity contribution in [1.82, 2.24) is 4.90 Å². The van der Waals surface area contributed by atoms with Gasteiger partial charge in [-0.05, 0) is 39.2 Å². The molecule has 0 aliphatic rings. The van der Waals surface area contributed by atoms with Gasteiger partial charge in [-0.2, -0.15) is 0 Å². The van der Waals surface area contributed by atoms with E-state index in [0.29, 0.717) is 0 Å². The number of benzene rings is 1. The zero-order chi connectivity index (χ0) is 10.4. The Bertz CT molecular complexity index is 244. The molecule has 0 saturated heterocycles. The zero-order valence-electron chi connectivity index (χ0n) is 9.33. The number of likely N-dealkylation sites (N-methyl/N-ethyl adjacent to an activating group) is 2. The van der Waals surface area contributed by atoms with E-state index in [1.807, 2.05) is 18.2 Å². The Morgan fingerprint density at radius 1 is 1.29 bits per heavy atom. The number of hydrogen-bond donors (Lipinski definition) is 0. The molecule has 0 amide bonds. The standard InChI is InChI=1S/C12H19N2/c1-4-14(11-10-13(2)3)12-8-6-5-7-9-12/h5-6,8-9H,4,10-11H2,1-3H3. The predicted octanol–water partition coefficient (Wildman–Crippen LogP) is 1.87. The molecule has 14 heavy (non-hydrogen) atoms. The van der Waals surface area contributed by atoms with E-state index in [9.17, 15) is 0 Å². The van der Waals surface area contributed by atoms with Gasteiger partial charge in [-0.3, -0.25) is 0 Å². The van der Waals surface area contributed by atoms with E-state index < -0.39 is 0 Å². The fraction of sp³-hybridized carbons (Fsp3) is 0.500. The largest absolute Gasteiger partial charge is 0.371 e. The number of anilines is 1. The fourth-order valence-electron chi connectivity index (χ4n) is 1.37. The molecule has 1 aromatic rings. The molecule has 0 atom stereocenters. The van der Waals surface area contributed by atoms with Gasteiger partial charge >= 0.3 is 0 Å². The first-order valence-electron chi connectivity index (χ1n) is 5.10. The predicted molar refractivity (Wildman–Crippen MR) is 61.7 cm³/mol. The van der Waals surface area contributed by atoms with Crippen molar-refractivity contribution in [2.45, 2.75) is 6.92 Å². The molecule has 0 aliphatic carbocycles. The Hall–Kier alpha value is -1.02. The van der Waals surface area contributed by atoms with Crippen molar-refractivity contribution in [3.05, 3.63) is 30.3 Å². The van der Waals surface area contributed by atoms with Crippen molar-refractivity contribution in [3.63, 3.8) is 0 Å². The molecule has 2 heteroatoms. The molecular formula is C12H19N2. The molecule has 77 valence electrons. The van der Waals surface area contributed by atoms with Crippen molar-refractivity contribution in [3.8, 4) is 0 Å². The van der Waals surface area contributed by atoms with E-state index in [1.165, 1.54) is 5.69 Å². The Kier molecular flexibility index (Phi) is 4.47. The average molecular weight is 191 g/mol. The monoisotopic (exact) mass is 191 g/mol. The van der Waals surface area contributed by atoms with Crippen LogP contribution in [0.5, 0.6) is 0 Å². The van der Waals surface area contributed by atoms with Gasteiger partial charge in [0.25, 0.3) is 0 Å². The summed E-state index contributed by atoms with van der Waals surface area (Å²) in [4.78, 5) is 4.56. The number of nitrogens with zero attached hydrogens (tertiary/aromatic N) is 2. The van der Waals surface area contributed by atoms with Crippen LogP contribution in [-0.2, 0) is 0 Å². The van der Waals surface area contributed by atoms with Gasteiger partial charge in [-0.15, -0.1) is 0 Å². The van der Waals surface area contributed by atoms with Crippen LogP contribution in [0.1, 0.15) is 6.92 Å². The number of rotatable bonds is 5. The first-order chi connectivity index (χ1) is 6.74. The van der Waals surface area contributed by atoms with E-state index in [0.717, 1.165) is 19.6 Å². The van der Waals surface area contributed by atoms with E-state index in [4.69, 9.17) is 0 Å². The van der Waals surface area contributed by atoms with Gasteiger partial charge in [0.2, 0.25) is 0 Å².